The van der Waals surface area contributed by atoms with Gasteiger partial charge in [0.1, 0.15) is 0 Å². The third-order valence-corrected chi connectivity index (χ3v) is 5.10. The minimum Gasteiger partial charge on any atom is -0.373 e. The van der Waals surface area contributed by atoms with Crippen LogP contribution in [0.5, 0.6) is 0 Å². The van der Waals surface area contributed by atoms with E-state index in [1.807, 2.05) is 19.9 Å². The van der Waals surface area contributed by atoms with Crippen molar-refractivity contribution in [1.29, 1.82) is 0 Å². The van der Waals surface area contributed by atoms with Gasteiger partial charge in [0.2, 0.25) is 0 Å². The van der Waals surface area contributed by atoms with Crippen molar-refractivity contribution in [3.8, 4) is 0 Å². The summed E-state index contributed by atoms with van der Waals surface area (Å²) in [6.45, 7) is 4.88. The average molecular weight is 299 g/mol. The van der Waals surface area contributed by atoms with E-state index in [0.29, 0.717) is 19.6 Å². The van der Waals surface area contributed by atoms with Crippen LogP contribution in [0, 0.1) is 0 Å². The molecule has 2 atom stereocenters. The van der Waals surface area contributed by atoms with Crippen LogP contribution in [0.2, 0.25) is 0 Å². The lowest BCUT2D eigenvalue weighted by atomic mass is 10.3. The van der Waals surface area contributed by atoms with Crippen molar-refractivity contribution in [3.63, 3.8) is 0 Å². The summed E-state index contributed by atoms with van der Waals surface area (Å²) >= 11 is 0. The largest absolute Gasteiger partial charge is 0.373 e. The van der Waals surface area contributed by atoms with Crippen molar-refractivity contribution >= 4 is 10.2 Å². The average Bonchev–Trinajstić information content (AvgIpc) is 2.38. The fourth-order valence-corrected chi connectivity index (χ4v) is 3.85. The van der Waals surface area contributed by atoms with Crippen molar-refractivity contribution in [2.24, 2.45) is 0 Å². The van der Waals surface area contributed by atoms with Crippen molar-refractivity contribution in [2.45, 2.75) is 32.6 Å². The summed E-state index contributed by atoms with van der Waals surface area (Å²) < 4.78 is 33.5. The van der Waals surface area contributed by atoms with Crippen molar-refractivity contribution in [1.82, 2.24) is 13.6 Å². The van der Waals surface area contributed by atoms with Gasteiger partial charge in [0.15, 0.2) is 0 Å². The molecule has 1 aliphatic heterocycles. The molecular weight excluding hydrogens is 278 g/mol. The van der Waals surface area contributed by atoms with E-state index < -0.39 is 10.2 Å². The highest BCUT2D eigenvalue weighted by Crippen LogP contribution is 2.17. The zero-order valence-electron chi connectivity index (χ0n) is 12.1. The van der Waals surface area contributed by atoms with Gasteiger partial charge in [0.05, 0.1) is 12.2 Å². The topological polar surface area (TPSA) is 62.7 Å². The Labute approximate surface area is 120 Å². The molecular formula is C13H21N3O3S. The summed E-state index contributed by atoms with van der Waals surface area (Å²) in [6.07, 6.45) is 3.18. The molecule has 0 aliphatic carbocycles. The molecule has 0 radical (unpaired) electrons. The Hall–Kier alpha value is -1.02. The number of hydrogen-bond donors (Lipinski definition) is 0. The molecule has 1 aliphatic rings. The third kappa shape index (κ3) is 3.54. The van der Waals surface area contributed by atoms with Crippen LogP contribution in [0.15, 0.2) is 24.5 Å². The zero-order chi connectivity index (χ0) is 14.8. The first-order valence-corrected chi connectivity index (χ1v) is 8.05. The molecule has 0 bridgehead atoms. The minimum absolute atomic E-state index is 0.0830. The predicted molar refractivity (Wildman–Crippen MR) is 76.2 cm³/mol. The van der Waals surface area contributed by atoms with E-state index in [1.165, 1.54) is 8.61 Å². The van der Waals surface area contributed by atoms with Gasteiger partial charge < -0.3 is 4.74 Å². The Morgan fingerprint density at radius 1 is 1.40 bits per heavy atom. The van der Waals surface area contributed by atoms with Gasteiger partial charge in [-0.05, 0) is 25.5 Å². The molecule has 1 fully saturated rings. The Morgan fingerprint density at radius 2 is 2.05 bits per heavy atom. The van der Waals surface area contributed by atoms with Crippen LogP contribution in [-0.4, -0.2) is 54.4 Å². The zero-order valence-corrected chi connectivity index (χ0v) is 12.9. The molecule has 0 amide bonds. The van der Waals surface area contributed by atoms with Crippen LogP contribution >= 0.6 is 0 Å². The molecule has 6 nitrogen and oxygen atoms in total. The Kier molecular flexibility index (Phi) is 4.74. The maximum Gasteiger partial charge on any atom is 0.282 e. The number of rotatable bonds is 4. The second-order valence-corrected chi connectivity index (χ2v) is 7.23. The fraction of sp³-hybridized carbons (Fsp3) is 0.615. The molecule has 1 saturated heterocycles. The van der Waals surface area contributed by atoms with Crippen LogP contribution in [-0.2, 0) is 21.5 Å². The molecule has 0 N–H and O–H groups in total. The monoisotopic (exact) mass is 299 g/mol. The van der Waals surface area contributed by atoms with E-state index >= 15 is 0 Å². The molecule has 2 unspecified atom stereocenters. The van der Waals surface area contributed by atoms with Crippen molar-refractivity contribution < 1.29 is 13.2 Å². The maximum atomic E-state index is 12.6. The van der Waals surface area contributed by atoms with Crippen molar-refractivity contribution in [2.75, 3.05) is 20.1 Å². The van der Waals surface area contributed by atoms with E-state index in [9.17, 15) is 8.42 Å². The van der Waals surface area contributed by atoms with E-state index in [4.69, 9.17) is 4.74 Å². The van der Waals surface area contributed by atoms with Gasteiger partial charge in [-0.15, -0.1) is 0 Å². The molecule has 0 saturated carbocycles. The predicted octanol–water partition coefficient (Wildman–Crippen LogP) is 0.867. The van der Waals surface area contributed by atoms with Gasteiger partial charge >= 0.3 is 0 Å². The lowest BCUT2D eigenvalue weighted by molar-refractivity contribution is -0.0453. The molecule has 2 heterocycles. The van der Waals surface area contributed by atoms with Gasteiger partial charge in [-0.3, -0.25) is 4.98 Å². The Balaban J connectivity index is 2.09. The molecule has 0 aromatic carbocycles. The summed E-state index contributed by atoms with van der Waals surface area (Å²) in [5.41, 5.74) is 0.868. The first-order chi connectivity index (χ1) is 9.39. The SMILES string of the molecule is CC1CN(S(=O)(=O)N(C)Cc2cccnc2)CC(C)O1. The van der Waals surface area contributed by atoms with E-state index in [2.05, 4.69) is 4.98 Å². The molecule has 112 valence electrons. The minimum atomic E-state index is -3.47. The van der Waals surface area contributed by atoms with Crippen LogP contribution < -0.4 is 0 Å². The molecule has 2 rings (SSSR count). The molecule has 20 heavy (non-hydrogen) atoms. The summed E-state index contributed by atoms with van der Waals surface area (Å²) in [6, 6.07) is 3.66. The second-order valence-electron chi connectivity index (χ2n) is 5.20. The summed E-state index contributed by atoms with van der Waals surface area (Å²) in [5, 5.41) is 0. The van der Waals surface area contributed by atoms with Crippen LogP contribution in [0.3, 0.4) is 0 Å². The standard InChI is InChI=1S/C13H21N3O3S/c1-11-8-16(9-12(2)19-11)20(17,18)15(3)10-13-5-4-6-14-7-13/h4-7,11-12H,8-10H2,1-3H3. The molecule has 1 aromatic heterocycles. The van der Waals surface area contributed by atoms with Crippen LogP contribution in [0.25, 0.3) is 0 Å². The smallest absolute Gasteiger partial charge is 0.282 e. The van der Waals surface area contributed by atoms with Gasteiger partial charge in [-0.2, -0.15) is 17.0 Å². The highest BCUT2D eigenvalue weighted by Gasteiger charge is 2.33. The second kappa shape index (κ2) is 6.17. The number of ether oxygens (including phenoxy) is 1. The third-order valence-electron chi connectivity index (χ3n) is 3.23. The highest BCUT2D eigenvalue weighted by molar-refractivity contribution is 7.86. The summed E-state index contributed by atoms with van der Waals surface area (Å²) in [4.78, 5) is 4.00. The van der Waals surface area contributed by atoms with Gasteiger partial charge in [-0.1, -0.05) is 6.07 Å². The Morgan fingerprint density at radius 3 is 2.60 bits per heavy atom. The molecule has 7 heteroatoms. The van der Waals surface area contributed by atoms with Crippen LogP contribution in [0.1, 0.15) is 19.4 Å². The summed E-state index contributed by atoms with van der Waals surface area (Å²) in [5.74, 6) is 0. The van der Waals surface area contributed by atoms with E-state index in [0.717, 1.165) is 5.56 Å². The number of nitrogens with zero attached hydrogens (tertiary/aromatic N) is 3. The van der Waals surface area contributed by atoms with Gasteiger partial charge in [-0.25, -0.2) is 0 Å². The lowest BCUT2D eigenvalue weighted by Gasteiger charge is -2.36. The molecule has 1 aromatic rings. The first kappa shape index (κ1) is 15.4. The van der Waals surface area contributed by atoms with Crippen molar-refractivity contribution in [3.05, 3.63) is 30.1 Å². The number of morpholine rings is 1. The van der Waals surface area contributed by atoms with Crippen LogP contribution in [0.4, 0.5) is 0 Å². The van der Waals surface area contributed by atoms with E-state index in [1.54, 1.807) is 25.5 Å². The first-order valence-electron chi connectivity index (χ1n) is 6.65. The number of hydrogen-bond acceptors (Lipinski definition) is 4. The van der Waals surface area contributed by atoms with Gasteiger partial charge in [0.25, 0.3) is 10.2 Å². The molecule has 0 spiro atoms. The quantitative estimate of drug-likeness (QED) is 0.827. The normalized spacial score (nSPS) is 25.0. The number of aromatic nitrogens is 1. The highest BCUT2D eigenvalue weighted by atomic mass is 32.2. The van der Waals surface area contributed by atoms with Gasteiger partial charge in [0, 0.05) is 39.1 Å². The Bertz CT molecular complexity index is 525. The summed E-state index contributed by atoms with van der Waals surface area (Å²) in [7, 11) is -1.88. The lowest BCUT2D eigenvalue weighted by Crippen LogP contribution is -2.52. The fourth-order valence-electron chi connectivity index (χ4n) is 2.35. The maximum absolute atomic E-state index is 12.6. The number of pyridine rings is 1. The van der Waals surface area contributed by atoms with E-state index in [-0.39, 0.29) is 12.2 Å².